The number of rotatable bonds is 4. The van der Waals surface area contributed by atoms with Gasteiger partial charge in [-0.2, -0.15) is 0 Å². The lowest BCUT2D eigenvalue weighted by Gasteiger charge is -2.03. The van der Waals surface area contributed by atoms with E-state index in [0.29, 0.717) is 12.5 Å². The Labute approximate surface area is 85.6 Å². The molecule has 1 aromatic carbocycles. The van der Waals surface area contributed by atoms with Gasteiger partial charge in [-0.1, -0.05) is 43.3 Å². The van der Waals surface area contributed by atoms with Gasteiger partial charge in [-0.25, -0.2) is 0 Å². The number of hydrogen-bond donors (Lipinski definition) is 0. The third-order valence-electron chi connectivity index (χ3n) is 1.86. The van der Waals surface area contributed by atoms with Gasteiger partial charge in [-0.05, 0) is 18.1 Å². The Morgan fingerprint density at radius 3 is 2.71 bits per heavy atom. The number of hydrogen-bond acceptors (Lipinski definition) is 2. The molecular weight excluding hydrogens is 174 g/mol. The lowest BCUT2D eigenvalue weighted by atomic mass is 10.1. The quantitative estimate of drug-likeness (QED) is 0.528. The summed E-state index contributed by atoms with van der Waals surface area (Å²) in [6.07, 6.45) is 2.84. The lowest BCUT2D eigenvalue weighted by molar-refractivity contribution is 0.130. The van der Waals surface area contributed by atoms with Crippen LogP contribution in [0.4, 0.5) is 0 Å². The lowest BCUT2D eigenvalue weighted by Crippen LogP contribution is -1.93. The van der Waals surface area contributed by atoms with Crippen LogP contribution in [0.3, 0.4) is 0 Å². The predicted molar refractivity (Wildman–Crippen MR) is 58.2 cm³/mol. The van der Waals surface area contributed by atoms with Crippen LogP contribution >= 0.6 is 0 Å². The SMILES string of the molecule is Cc1ccccc1CO/N=[C]\C(C)C. The monoisotopic (exact) mass is 190 g/mol. The number of nitrogens with zero attached hydrogens (tertiary/aromatic N) is 1. The smallest absolute Gasteiger partial charge is 0.142 e. The standard InChI is InChI=1S/C12H16NO/c1-10(2)8-13-14-9-12-7-5-4-6-11(12)3/h4-7,10H,9H2,1-3H3. The van der Waals surface area contributed by atoms with Crippen LogP contribution in [0.5, 0.6) is 0 Å². The molecule has 0 fully saturated rings. The summed E-state index contributed by atoms with van der Waals surface area (Å²) in [6.45, 7) is 6.61. The van der Waals surface area contributed by atoms with Crippen molar-refractivity contribution in [3.05, 3.63) is 35.4 Å². The van der Waals surface area contributed by atoms with Crippen molar-refractivity contribution < 1.29 is 4.84 Å². The number of benzene rings is 1. The first-order chi connectivity index (χ1) is 6.70. The van der Waals surface area contributed by atoms with E-state index in [2.05, 4.69) is 24.4 Å². The summed E-state index contributed by atoms with van der Waals surface area (Å²) in [5.74, 6) is 0.312. The van der Waals surface area contributed by atoms with Crippen LogP contribution in [-0.4, -0.2) is 6.21 Å². The van der Waals surface area contributed by atoms with Crippen LogP contribution in [0, 0.1) is 12.8 Å². The molecule has 0 saturated heterocycles. The van der Waals surface area contributed by atoms with Crippen LogP contribution in [-0.2, 0) is 11.4 Å². The van der Waals surface area contributed by atoms with E-state index < -0.39 is 0 Å². The minimum Gasteiger partial charge on any atom is -0.391 e. The fourth-order valence-corrected chi connectivity index (χ4v) is 1.02. The molecule has 1 rings (SSSR count). The van der Waals surface area contributed by atoms with Gasteiger partial charge in [0.25, 0.3) is 0 Å². The van der Waals surface area contributed by atoms with Crippen molar-refractivity contribution in [2.24, 2.45) is 11.1 Å². The molecule has 0 spiro atoms. The molecule has 0 aliphatic carbocycles. The molecule has 1 radical (unpaired) electrons. The van der Waals surface area contributed by atoms with Crippen molar-refractivity contribution in [1.82, 2.24) is 0 Å². The zero-order chi connectivity index (χ0) is 10.4. The largest absolute Gasteiger partial charge is 0.391 e. The van der Waals surface area contributed by atoms with Crippen molar-refractivity contribution in [3.63, 3.8) is 0 Å². The molecule has 0 heterocycles. The third-order valence-corrected chi connectivity index (χ3v) is 1.86. The summed E-state index contributed by atoms with van der Waals surface area (Å²) in [5.41, 5.74) is 2.40. The van der Waals surface area contributed by atoms with Gasteiger partial charge in [0.15, 0.2) is 0 Å². The van der Waals surface area contributed by atoms with E-state index in [1.54, 1.807) is 0 Å². The van der Waals surface area contributed by atoms with Gasteiger partial charge < -0.3 is 4.84 Å². The van der Waals surface area contributed by atoms with E-state index in [-0.39, 0.29) is 0 Å². The van der Waals surface area contributed by atoms with Crippen molar-refractivity contribution in [2.75, 3.05) is 0 Å². The Bertz CT molecular complexity index is 305. The Hall–Kier alpha value is -1.31. The van der Waals surface area contributed by atoms with Crippen LogP contribution in [0.15, 0.2) is 29.4 Å². The highest BCUT2D eigenvalue weighted by atomic mass is 16.6. The second-order valence-electron chi connectivity index (χ2n) is 3.58. The molecule has 0 aliphatic rings. The molecule has 1 aromatic rings. The summed E-state index contributed by atoms with van der Waals surface area (Å²) < 4.78 is 0. The zero-order valence-corrected chi connectivity index (χ0v) is 8.95. The first-order valence-corrected chi connectivity index (χ1v) is 4.82. The van der Waals surface area contributed by atoms with Crippen molar-refractivity contribution in [3.8, 4) is 0 Å². The van der Waals surface area contributed by atoms with Gasteiger partial charge >= 0.3 is 0 Å². The highest BCUT2D eigenvalue weighted by Crippen LogP contribution is 2.08. The highest BCUT2D eigenvalue weighted by Gasteiger charge is 1.95. The van der Waals surface area contributed by atoms with Gasteiger partial charge in [0, 0.05) is 5.92 Å². The molecule has 2 heteroatoms. The molecule has 2 nitrogen and oxygen atoms in total. The Kier molecular flexibility index (Phi) is 4.17. The maximum Gasteiger partial charge on any atom is 0.142 e. The molecule has 0 aromatic heterocycles. The summed E-state index contributed by atoms with van der Waals surface area (Å²) in [4.78, 5) is 5.13. The van der Waals surface area contributed by atoms with Crippen LogP contribution < -0.4 is 0 Å². The van der Waals surface area contributed by atoms with E-state index in [1.165, 1.54) is 11.1 Å². The third kappa shape index (κ3) is 3.60. The summed E-state index contributed by atoms with van der Waals surface area (Å²) in [6, 6.07) is 8.12. The van der Waals surface area contributed by atoms with Gasteiger partial charge in [0.1, 0.15) is 12.8 Å². The Balaban J connectivity index is 2.42. The second-order valence-corrected chi connectivity index (χ2v) is 3.58. The fraction of sp³-hybridized carbons (Fsp3) is 0.417. The second kappa shape index (κ2) is 5.43. The van der Waals surface area contributed by atoms with Crippen LogP contribution in [0.2, 0.25) is 0 Å². The van der Waals surface area contributed by atoms with Crippen molar-refractivity contribution in [1.29, 1.82) is 0 Å². The first-order valence-electron chi connectivity index (χ1n) is 4.82. The highest BCUT2D eigenvalue weighted by molar-refractivity contribution is 5.58. The van der Waals surface area contributed by atoms with Gasteiger partial charge in [-0.15, -0.1) is 0 Å². The Morgan fingerprint density at radius 1 is 1.36 bits per heavy atom. The molecule has 14 heavy (non-hydrogen) atoms. The van der Waals surface area contributed by atoms with E-state index in [4.69, 9.17) is 4.84 Å². The molecule has 0 saturated carbocycles. The molecule has 0 amide bonds. The molecule has 75 valence electrons. The minimum absolute atomic E-state index is 0.312. The molecule has 0 N–H and O–H groups in total. The average Bonchev–Trinajstić information content (AvgIpc) is 2.15. The topological polar surface area (TPSA) is 21.6 Å². The maximum absolute atomic E-state index is 5.13. The Morgan fingerprint density at radius 2 is 2.07 bits per heavy atom. The average molecular weight is 190 g/mol. The predicted octanol–water partition coefficient (Wildman–Crippen LogP) is 3.03. The van der Waals surface area contributed by atoms with Crippen LogP contribution in [0.1, 0.15) is 25.0 Å². The van der Waals surface area contributed by atoms with Gasteiger partial charge in [-0.3, -0.25) is 0 Å². The normalized spacial score (nSPS) is 11.1. The van der Waals surface area contributed by atoms with Crippen LogP contribution in [0.25, 0.3) is 0 Å². The van der Waals surface area contributed by atoms with E-state index in [9.17, 15) is 0 Å². The molecule has 0 unspecified atom stereocenters. The van der Waals surface area contributed by atoms with Gasteiger partial charge in [0.05, 0.1) is 0 Å². The molecule has 0 atom stereocenters. The molecule has 0 bridgehead atoms. The van der Waals surface area contributed by atoms with Crippen molar-refractivity contribution >= 4 is 6.21 Å². The zero-order valence-electron chi connectivity index (χ0n) is 8.95. The van der Waals surface area contributed by atoms with E-state index in [0.717, 1.165) is 0 Å². The summed E-state index contributed by atoms with van der Waals surface area (Å²) in [5, 5.41) is 3.76. The molecular formula is C12H16NO. The molecule has 0 aliphatic heterocycles. The van der Waals surface area contributed by atoms with Crippen molar-refractivity contribution in [2.45, 2.75) is 27.4 Å². The van der Waals surface area contributed by atoms with E-state index >= 15 is 0 Å². The summed E-state index contributed by atoms with van der Waals surface area (Å²) in [7, 11) is 0. The first kappa shape index (κ1) is 10.8. The minimum atomic E-state index is 0.312. The summed E-state index contributed by atoms with van der Waals surface area (Å²) >= 11 is 0. The maximum atomic E-state index is 5.13. The van der Waals surface area contributed by atoms with E-state index in [1.807, 2.05) is 32.0 Å². The number of aryl methyl sites for hydroxylation is 1. The fourth-order valence-electron chi connectivity index (χ4n) is 1.02. The van der Waals surface area contributed by atoms with Gasteiger partial charge in [0.2, 0.25) is 0 Å².